The van der Waals surface area contributed by atoms with Gasteiger partial charge in [0.25, 0.3) is 0 Å². The Kier molecular flexibility index (Phi) is 3.21. The number of aryl methyl sites for hydroxylation is 1. The van der Waals surface area contributed by atoms with Crippen LogP contribution in [-0.4, -0.2) is 16.2 Å². The van der Waals surface area contributed by atoms with Crippen LogP contribution < -0.4 is 5.73 Å². The molecule has 1 unspecified atom stereocenters. The molecule has 0 spiro atoms. The van der Waals surface area contributed by atoms with Gasteiger partial charge in [0.15, 0.2) is 0 Å². The van der Waals surface area contributed by atoms with Crippen molar-refractivity contribution in [2.45, 2.75) is 40.2 Å². The largest absolute Gasteiger partial charge is 0.327 e. The van der Waals surface area contributed by atoms with Crippen molar-refractivity contribution in [2.75, 3.05) is 0 Å². The molecule has 2 N–H and O–H groups in total. The lowest BCUT2D eigenvalue weighted by molar-refractivity contribution is 0.316. The summed E-state index contributed by atoms with van der Waals surface area (Å²) in [5.41, 5.74) is 8.08. The van der Waals surface area contributed by atoms with Gasteiger partial charge in [0, 0.05) is 12.5 Å². The summed E-state index contributed by atoms with van der Waals surface area (Å²) in [6, 6.07) is 4.09. The van der Waals surface area contributed by atoms with E-state index < -0.39 is 0 Å². The summed E-state index contributed by atoms with van der Waals surface area (Å²) in [5, 5.41) is 8.11. The Morgan fingerprint density at radius 3 is 2.36 bits per heavy atom. The third kappa shape index (κ3) is 3.07. The minimum absolute atomic E-state index is 0.118. The molecule has 1 rings (SSSR count). The quantitative estimate of drug-likeness (QED) is 0.777. The molecule has 1 aromatic heterocycles. The van der Waals surface area contributed by atoms with Crippen LogP contribution in [0.15, 0.2) is 12.1 Å². The first-order chi connectivity index (χ1) is 6.39. The molecule has 0 aliphatic carbocycles. The fraction of sp³-hybridized carbons (Fsp3) is 0.636. The van der Waals surface area contributed by atoms with Crippen molar-refractivity contribution < 1.29 is 0 Å². The summed E-state index contributed by atoms with van der Waals surface area (Å²) in [5.74, 6) is 0. The molecule has 3 nitrogen and oxygen atoms in total. The van der Waals surface area contributed by atoms with Gasteiger partial charge < -0.3 is 5.73 Å². The second-order valence-corrected chi connectivity index (χ2v) is 4.84. The summed E-state index contributed by atoms with van der Waals surface area (Å²) >= 11 is 0. The molecule has 0 fully saturated rings. The van der Waals surface area contributed by atoms with E-state index in [4.69, 9.17) is 5.73 Å². The van der Waals surface area contributed by atoms with Crippen molar-refractivity contribution >= 4 is 0 Å². The zero-order valence-electron chi connectivity index (χ0n) is 9.41. The maximum Gasteiger partial charge on any atom is 0.0646 e. The van der Waals surface area contributed by atoms with E-state index in [-0.39, 0.29) is 11.5 Å². The van der Waals surface area contributed by atoms with E-state index in [0.29, 0.717) is 0 Å². The minimum Gasteiger partial charge on any atom is -0.327 e. The first kappa shape index (κ1) is 11.1. The van der Waals surface area contributed by atoms with Gasteiger partial charge in [-0.05, 0) is 24.5 Å². The lowest BCUT2D eigenvalue weighted by atomic mass is 9.85. The number of rotatable bonds is 2. The number of hydrogen-bond donors (Lipinski definition) is 1. The van der Waals surface area contributed by atoms with Gasteiger partial charge in [-0.1, -0.05) is 20.8 Å². The third-order valence-electron chi connectivity index (χ3n) is 2.39. The molecular formula is C11H19N3. The Morgan fingerprint density at radius 1 is 1.29 bits per heavy atom. The molecule has 78 valence electrons. The molecule has 1 heterocycles. The zero-order chi connectivity index (χ0) is 10.8. The van der Waals surface area contributed by atoms with Gasteiger partial charge in [-0.15, -0.1) is 0 Å². The molecule has 0 bridgehead atoms. The summed E-state index contributed by atoms with van der Waals surface area (Å²) in [4.78, 5) is 0. The average Bonchev–Trinajstić information content (AvgIpc) is 2.07. The van der Waals surface area contributed by atoms with E-state index >= 15 is 0 Å². The molecule has 0 saturated carbocycles. The van der Waals surface area contributed by atoms with Crippen molar-refractivity contribution in [1.29, 1.82) is 0 Å². The normalized spacial score (nSPS) is 14.1. The number of aromatic nitrogens is 2. The highest BCUT2D eigenvalue weighted by molar-refractivity contribution is 5.07. The molecule has 0 saturated heterocycles. The van der Waals surface area contributed by atoms with E-state index in [1.165, 1.54) is 0 Å². The van der Waals surface area contributed by atoms with E-state index in [0.717, 1.165) is 17.8 Å². The molecule has 0 aliphatic rings. The topological polar surface area (TPSA) is 51.8 Å². The van der Waals surface area contributed by atoms with Crippen LogP contribution in [0.2, 0.25) is 0 Å². The standard InChI is InChI=1S/C11H19N3/c1-8-5-6-9(14-13-8)7-10(12)11(2,3)4/h5-6,10H,7,12H2,1-4H3. The lowest BCUT2D eigenvalue weighted by Crippen LogP contribution is -2.37. The Morgan fingerprint density at radius 2 is 1.93 bits per heavy atom. The SMILES string of the molecule is Cc1ccc(CC(N)C(C)(C)C)nn1. The van der Waals surface area contributed by atoms with Crippen LogP contribution in [0.25, 0.3) is 0 Å². The molecule has 1 atom stereocenters. The second-order valence-electron chi connectivity index (χ2n) is 4.84. The van der Waals surface area contributed by atoms with Crippen LogP contribution in [0.1, 0.15) is 32.2 Å². The fourth-order valence-corrected chi connectivity index (χ4v) is 1.07. The van der Waals surface area contributed by atoms with Gasteiger partial charge in [-0.3, -0.25) is 0 Å². The summed E-state index contributed by atoms with van der Waals surface area (Å²) in [7, 11) is 0. The van der Waals surface area contributed by atoms with Gasteiger partial charge in [0.2, 0.25) is 0 Å². The summed E-state index contributed by atoms with van der Waals surface area (Å²) < 4.78 is 0. The van der Waals surface area contributed by atoms with Crippen LogP contribution in [-0.2, 0) is 6.42 Å². The molecule has 1 aromatic rings. The van der Waals surface area contributed by atoms with Crippen LogP contribution in [0.3, 0.4) is 0 Å². The van der Waals surface area contributed by atoms with Crippen LogP contribution in [0, 0.1) is 12.3 Å². The Balaban J connectivity index is 2.65. The van der Waals surface area contributed by atoms with Gasteiger partial charge in [0.1, 0.15) is 0 Å². The second kappa shape index (κ2) is 4.05. The first-order valence-corrected chi connectivity index (χ1v) is 4.94. The van der Waals surface area contributed by atoms with Crippen molar-refractivity contribution in [2.24, 2.45) is 11.1 Å². The van der Waals surface area contributed by atoms with E-state index in [1.54, 1.807) is 0 Å². The van der Waals surface area contributed by atoms with Gasteiger partial charge in [-0.2, -0.15) is 10.2 Å². The number of nitrogens with zero attached hydrogens (tertiary/aromatic N) is 2. The number of nitrogens with two attached hydrogens (primary N) is 1. The maximum atomic E-state index is 6.05. The van der Waals surface area contributed by atoms with Crippen LogP contribution in [0.5, 0.6) is 0 Å². The Hall–Kier alpha value is -0.960. The molecular weight excluding hydrogens is 174 g/mol. The minimum atomic E-state index is 0.118. The maximum absolute atomic E-state index is 6.05. The summed E-state index contributed by atoms with van der Waals surface area (Å²) in [6.45, 7) is 8.35. The van der Waals surface area contributed by atoms with Crippen molar-refractivity contribution in [3.8, 4) is 0 Å². The monoisotopic (exact) mass is 193 g/mol. The van der Waals surface area contributed by atoms with Gasteiger partial charge in [-0.25, -0.2) is 0 Å². The summed E-state index contributed by atoms with van der Waals surface area (Å²) in [6.07, 6.45) is 0.788. The predicted molar refractivity (Wildman–Crippen MR) is 57.9 cm³/mol. The first-order valence-electron chi connectivity index (χ1n) is 4.94. The highest BCUT2D eigenvalue weighted by Gasteiger charge is 2.21. The molecule has 0 aliphatic heterocycles. The smallest absolute Gasteiger partial charge is 0.0646 e. The molecule has 0 amide bonds. The molecule has 0 aromatic carbocycles. The van der Waals surface area contributed by atoms with Crippen molar-refractivity contribution in [3.05, 3.63) is 23.5 Å². The van der Waals surface area contributed by atoms with Crippen LogP contribution >= 0.6 is 0 Å². The average molecular weight is 193 g/mol. The van der Waals surface area contributed by atoms with E-state index in [9.17, 15) is 0 Å². The lowest BCUT2D eigenvalue weighted by Gasteiger charge is -2.26. The Labute approximate surface area is 85.7 Å². The highest BCUT2D eigenvalue weighted by Crippen LogP contribution is 2.19. The molecule has 0 radical (unpaired) electrons. The van der Waals surface area contributed by atoms with Crippen LogP contribution in [0.4, 0.5) is 0 Å². The number of hydrogen-bond acceptors (Lipinski definition) is 3. The highest BCUT2D eigenvalue weighted by atomic mass is 15.1. The third-order valence-corrected chi connectivity index (χ3v) is 2.39. The van der Waals surface area contributed by atoms with Gasteiger partial charge >= 0.3 is 0 Å². The van der Waals surface area contributed by atoms with Gasteiger partial charge in [0.05, 0.1) is 11.4 Å². The zero-order valence-corrected chi connectivity index (χ0v) is 9.41. The van der Waals surface area contributed by atoms with E-state index in [2.05, 4.69) is 31.0 Å². The Bertz CT molecular complexity index is 284. The van der Waals surface area contributed by atoms with Crippen molar-refractivity contribution in [1.82, 2.24) is 10.2 Å². The molecule has 3 heteroatoms. The fourth-order valence-electron chi connectivity index (χ4n) is 1.07. The van der Waals surface area contributed by atoms with E-state index in [1.807, 2.05) is 19.1 Å². The van der Waals surface area contributed by atoms with Crippen molar-refractivity contribution in [3.63, 3.8) is 0 Å². The molecule has 14 heavy (non-hydrogen) atoms. The predicted octanol–water partition coefficient (Wildman–Crippen LogP) is 1.70.